The predicted octanol–water partition coefficient (Wildman–Crippen LogP) is 2.19. The first-order valence-corrected chi connectivity index (χ1v) is 5.45. The van der Waals surface area contributed by atoms with Crippen LogP contribution in [-0.2, 0) is 0 Å². The molecule has 0 aliphatic rings. The molecular weight excluding hydrogens is 234 g/mol. The maximum atomic E-state index is 11.0. The standard InChI is InChI=1S/C11H13N5O2/c1-7-3-4-12-11(9(7)16(17)18)15-8(2)10-13-5-6-14-10/h3-6,8H,1-2H3,(H,12,15)(H,13,14). The number of aromatic nitrogens is 3. The van der Waals surface area contributed by atoms with E-state index in [0.29, 0.717) is 11.4 Å². The predicted molar refractivity (Wildman–Crippen MR) is 66.3 cm³/mol. The number of hydrogen-bond donors (Lipinski definition) is 2. The van der Waals surface area contributed by atoms with Crippen LogP contribution in [0.15, 0.2) is 24.7 Å². The van der Waals surface area contributed by atoms with Gasteiger partial charge in [-0.3, -0.25) is 10.1 Å². The van der Waals surface area contributed by atoms with E-state index < -0.39 is 4.92 Å². The van der Waals surface area contributed by atoms with Crippen molar-refractivity contribution >= 4 is 11.5 Å². The van der Waals surface area contributed by atoms with Crippen LogP contribution in [0.2, 0.25) is 0 Å². The molecule has 2 rings (SSSR count). The molecule has 0 amide bonds. The van der Waals surface area contributed by atoms with Crippen LogP contribution in [0.3, 0.4) is 0 Å². The minimum atomic E-state index is -0.431. The summed E-state index contributed by atoms with van der Waals surface area (Å²) in [5.41, 5.74) is 0.569. The van der Waals surface area contributed by atoms with E-state index in [-0.39, 0.29) is 17.5 Å². The fraction of sp³-hybridized carbons (Fsp3) is 0.273. The summed E-state index contributed by atoms with van der Waals surface area (Å²) < 4.78 is 0. The third kappa shape index (κ3) is 2.29. The Balaban J connectivity index is 2.29. The number of rotatable bonds is 4. The van der Waals surface area contributed by atoms with Crippen molar-refractivity contribution in [2.75, 3.05) is 5.32 Å². The lowest BCUT2D eigenvalue weighted by Crippen LogP contribution is -2.11. The van der Waals surface area contributed by atoms with Gasteiger partial charge in [-0.1, -0.05) is 0 Å². The topological polar surface area (TPSA) is 96.7 Å². The largest absolute Gasteiger partial charge is 0.355 e. The lowest BCUT2D eigenvalue weighted by molar-refractivity contribution is -0.384. The Bertz CT molecular complexity index is 553. The number of nitrogens with one attached hydrogen (secondary N) is 2. The summed E-state index contributed by atoms with van der Waals surface area (Å²) in [4.78, 5) is 21.6. The van der Waals surface area contributed by atoms with Gasteiger partial charge in [0.25, 0.3) is 0 Å². The average molecular weight is 247 g/mol. The van der Waals surface area contributed by atoms with E-state index >= 15 is 0 Å². The van der Waals surface area contributed by atoms with Crippen molar-refractivity contribution in [2.45, 2.75) is 19.9 Å². The van der Waals surface area contributed by atoms with Crippen LogP contribution >= 0.6 is 0 Å². The summed E-state index contributed by atoms with van der Waals surface area (Å²) >= 11 is 0. The zero-order chi connectivity index (χ0) is 13.1. The van der Waals surface area contributed by atoms with Crippen molar-refractivity contribution in [3.63, 3.8) is 0 Å². The highest BCUT2D eigenvalue weighted by atomic mass is 16.6. The molecule has 2 N–H and O–H groups in total. The lowest BCUT2D eigenvalue weighted by Gasteiger charge is -2.12. The van der Waals surface area contributed by atoms with Crippen molar-refractivity contribution in [1.82, 2.24) is 15.0 Å². The Hall–Kier alpha value is -2.44. The highest BCUT2D eigenvalue weighted by Crippen LogP contribution is 2.27. The number of imidazole rings is 1. The third-order valence-electron chi connectivity index (χ3n) is 2.59. The van der Waals surface area contributed by atoms with Crippen molar-refractivity contribution in [1.29, 1.82) is 0 Å². The molecule has 0 bridgehead atoms. The van der Waals surface area contributed by atoms with Gasteiger partial charge in [0.05, 0.1) is 11.0 Å². The Kier molecular flexibility index (Phi) is 3.22. The van der Waals surface area contributed by atoms with E-state index in [4.69, 9.17) is 0 Å². The number of nitro groups is 1. The molecule has 1 unspecified atom stereocenters. The zero-order valence-electron chi connectivity index (χ0n) is 10.0. The molecule has 0 saturated carbocycles. The van der Waals surface area contributed by atoms with Gasteiger partial charge in [-0.2, -0.15) is 0 Å². The molecule has 0 fully saturated rings. The number of hydrogen-bond acceptors (Lipinski definition) is 5. The fourth-order valence-corrected chi connectivity index (χ4v) is 1.67. The van der Waals surface area contributed by atoms with Crippen LogP contribution < -0.4 is 5.32 Å². The van der Waals surface area contributed by atoms with E-state index in [0.717, 1.165) is 0 Å². The summed E-state index contributed by atoms with van der Waals surface area (Å²) in [6.45, 7) is 3.54. The van der Waals surface area contributed by atoms with Crippen LogP contribution in [0.5, 0.6) is 0 Å². The Morgan fingerprint density at radius 1 is 1.44 bits per heavy atom. The number of anilines is 1. The maximum absolute atomic E-state index is 11.0. The molecule has 2 aromatic heterocycles. The zero-order valence-corrected chi connectivity index (χ0v) is 10.0. The van der Waals surface area contributed by atoms with Gasteiger partial charge in [0.2, 0.25) is 5.82 Å². The first-order valence-electron chi connectivity index (χ1n) is 5.45. The fourth-order valence-electron chi connectivity index (χ4n) is 1.67. The van der Waals surface area contributed by atoms with Gasteiger partial charge in [-0.15, -0.1) is 0 Å². The SMILES string of the molecule is Cc1ccnc(NC(C)c2ncc[nH]2)c1[N+](=O)[O-]. The normalized spacial score (nSPS) is 12.1. The summed E-state index contributed by atoms with van der Waals surface area (Å²) in [5.74, 6) is 0.955. The van der Waals surface area contributed by atoms with Gasteiger partial charge < -0.3 is 10.3 Å². The van der Waals surface area contributed by atoms with Gasteiger partial charge in [0.1, 0.15) is 5.82 Å². The second-order valence-corrected chi connectivity index (χ2v) is 3.92. The second-order valence-electron chi connectivity index (χ2n) is 3.92. The molecule has 94 valence electrons. The van der Waals surface area contributed by atoms with Crippen molar-refractivity contribution < 1.29 is 4.92 Å². The van der Waals surface area contributed by atoms with Crippen LogP contribution in [0, 0.1) is 17.0 Å². The second kappa shape index (κ2) is 4.82. The van der Waals surface area contributed by atoms with Crippen LogP contribution in [0.1, 0.15) is 24.4 Å². The summed E-state index contributed by atoms with van der Waals surface area (Å²) in [6.07, 6.45) is 4.87. The minimum absolute atomic E-state index is 0.00379. The Morgan fingerprint density at radius 2 is 2.22 bits per heavy atom. The van der Waals surface area contributed by atoms with Crippen molar-refractivity contribution in [3.05, 3.63) is 46.2 Å². The van der Waals surface area contributed by atoms with Crippen LogP contribution in [0.4, 0.5) is 11.5 Å². The minimum Gasteiger partial charge on any atom is -0.355 e. The molecular formula is C11H13N5O2. The molecule has 0 spiro atoms. The number of H-pyrrole nitrogens is 1. The molecule has 7 heteroatoms. The molecule has 1 atom stereocenters. The molecule has 2 heterocycles. The summed E-state index contributed by atoms with van der Waals surface area (Å²) in [7, 11) is 0. The van der Waals surface area contributed by atoms with Gasteiger partial charge in [-0.25, -0.2) is 9.97 Å². The highest BCUT2D eigenvalue weighted by molar-refractivity contribution is 5.60. The molecule has 2 aromatic rings. The molecule has 0 aliphatic carbocycles. The van der Waals surface area contributed by atoms with Gasteiger partial charge in [0.15, 0.2) is 0 Å². The van der Waals surface area contributed by atoms with Crippen molar-refractivity contribution in [2.24, 2.45) is 0 Å². The number of aromatic amines is 1. The van der Waals surface area contributed by atoms with E-state index in [1.807, 2.05) is 6.92 Å². The summed E-state index contributed by atoms with van der Waals surface area (Å²) in [5, 5.41) is 14.0. The third-order valence-corrected chi connectivity index (χ3v) is 2.59. The smallest absolute Gasteiger partial charge is 0.314 e. The quantitative estimate of drug-likeness (QED) is 0.637. The molecule has 0 radical (unpaired) electrons. The van der Waals surface area contributed by atoms with E-state index in [1.165, 1.54) is 0 Å². The molecule has 0 saturated heterocycles. The lowest BCUT2D eigenvalue weighted by atomic mass is 10.2. The number of pyridine rings is 1. The monoisotopic (exact) mass is 247 g/mol. The first kappa shape index (κ1) is 12.0. The molecule has 0 aromatic carbocycles. The van der Waals surface area contributed by atoms with Gasteiger partial charge >= 0.3 is 5.69 Å². The van der Waals surface area contributed by atoms with Crippen LogP contribution in [-0.4, -0.2) is 19.9 Å². The van der Waals surface area contributed by atoms with Gasteiger partial charge in [-0.05, 0) is 19.9 Å². The van der Waals surface area contributed by atoms with E-state index in [2.05, 4.69) is 20.3 Å². The summed E-state index contributed by atoms with van der Waals surface area (Å²) in [6, 6.07) is 1.42. The van der Waals surface area contributed by atoms with Gasteiger partial charge in [0, 0.05) is 24.2 Å². The number of nitrogens with zero attached hydrogens (tertiary/aromatic N) is 3. The van der Waals surface area contributed by atoms with Crippen molar-refractivity contribution in [3.8, 4) is 0 Å². The van der Waals surface area contributed by atoms with E-state index in [1.54, 1.807) is 31.6 Å². The average Bonchev–Trinajstić information content (AvgIpc) is 2.81. The maximum Gasteiger partial charge on any atom is 0.314 e. The molecule has 18 heavy (non-hydrogen) atoms. The number of aryl methyl sites for hydroxylation is 1. The molecule has 7 nitrogen and oxygen atoms in total. The Morgan fingerprint density at radius 3 is 2.83 bits per heavy atom. The van der Waals surface area contributed by atoms with Crippen LogP contribution in [0.25, 0.3) is 0 Å². The Labute approximate surface area is 103 Å². The van der Waals surface area contributed by atoms with E-state index in [9.17, 15) is 10.1 Å². The molecule has 0 aliphatic heterocycles. The first-order chi connectivity index (χ1) is 8.59. The highest BCUT2D eigenvalue weighted by Gasteiger charge is 2.20.